The fourth-order valence-electron chi connectivity index (χ4n) is 1.15. The van der Waals surface area contributed by atoms with Gasteiger partial charge in [-0.15, -0.1) is 11.6 Å². The molecule has 7 heteroatoms. The van der Waals surface area contributed by atoms with E-state index in [0.29, 0.717) is 4.47 Å². The van der Waals surface area contributed by atoms with Gasteiger partial charge in [-0.25, -0.2) is 0 Å². The summed E-state index contributed by atoms with van der Waals surface area (Å²) in [5.41, 5.74) is -0.349. The van der Waals surface area contributed by atoms with Gasteiger partial charge in [-0.2, -0.15) is 0 Å². The maximum absolute atomic E-state index is 11.4. The molecule has 5 nitrogen and oxygen atoms in total. The number of rotatable bonds is 4. The normalized spacial score (nSPS) is 9.94. The molecule has 0 heterocycles. The molecule has 0 bridgehead atoms. The number of benzene rings is 1. The number of hydrogen-bond donors (Lipinski definition) is 0. The Morgan fingerprint density at radius 1 is 1.62 bits per heavy atom. The van der Waals surface area contributed by atoms with E-state index in [0.717, 1.165) is 0 Å². The van der Waals surface area contributed by atoms with Gasteiger partial charge < -0.3 is 4.74 Å². The molecule has 0 atom stereocenters. The van der Waals surface area contributed by atoms with Crippen LogP contribution >= 0.6 is 27.5 Å². The molecule has 0 radical (unpaired) electrons. The van der Waals surface area contributed by atoms with Gasteiger partial charge in [-0.05, 0) is 22.0 Å². The lowest BCUT2D eigenvalue weighted by atomic mass is 10.1. The molecule has 0 fully saturated rings. The van der Waals surface area contributed by atoms with Crippen molar-refractivity contribution in [1.82, 2.24) is 0 Å². The second-order valence-electron chi connectivity index (χ2n) is 2.82. The smallest absolute Gasteiger partial charge is 0.284 e. The minimum atomic E-state index is -0.644. The summed E-state index contributed by atoms with van der Waals surface area (Å²) in [4.78, 5) is 21.5. The van der Waals surface area contributed by atoms with Crippen LogP contribution in [0.5, 0.6) is 5.75 Å². The van der Waals surface area contributed by atoms with Gasteiger partial charge in [-0.1, -0.05) is 0 Å². The topological polar surface area (TPSA) is 69.4 Å². The van der Waals surface area contributed by atoms with E-state index in [1.54, 1.807) is 0 Å². The number of nitro groups is 1. The number of halogens is 2. The summed E-state index contributed by atoms with van der Waals surface area (Å²) in [7, 11) is 1.38. The number of carbonyl (C=O) groups is 1. The van der Waals surface area contributed by atoms with Crippen LogP contribution in [-0.2, 0) is 0 Å². The lowest BCUT2D eigenvalue weighted by Crippen LogP contribution is -2.05. The minimum Gasteiger partial charge on any atom is -0.495 e. The van der Waals surface area contributed by atoms with Crippen molar-refractivity contribution in [1.29, 1.82) is 0 Å². The zero-order valence-electron chi connectivity index (χ0n) is 8.20. The summed E-state index contributed by atoms with van der Waals surface area (Å²) < 4.78 is 5.38. The van der Waals surface area contributed by atoms with Crippen molar-refractivity contribution >= 4 is 39.0 Å². The standard InChI is InChI=1S/C9H7BrClNO4/c1-16-9-3-7(12(14)15)5(2-6(9)10)8(13)4-11/h2-3H,4H2,1H3. The third-order valence-electron chi connectivity index (χ3n) is 1.89. The molecule has 16 heavy (non-hydrogen) atoms. The molecule has 0 saturated carbocycles. The number of nitro benzene ring substituents is 1. The van der Waals surface area contributed by atoms with E-state index in [9.17, 15) is 14.9 Å². The number of Topliss-reactive ketones (excluding diaryl/α,β-unsaturated/α-hetero) is 1. The van der Waals surface area contributed by atoms with Gasteiger partial charge >= 0.3 is 0 Å². The molecular formula is C9H7BrClNO4. The van der Waals surface area contributed by atoms with Gasteiger partial charge in [0.25, 0.3) is 5.69 Å². The van der Waals surface area contributed by atoms with Crippen LogP contribution in [0.3, 0.4) is 0 Å². The molecule has 0 aliphatic rings. The average Bonchev–Trinajstić information content (AvgIpc) is 2.27. The highest BCUT2D eigenvalue weighted by atomic mass is 79.9. The van der Waals surface area contributed by atoms with E-state index in [4.69, 9.17) is 16.3 Å². The zero-order chi connectivity index (χ0) is 12.3. The maximum Gasteiger partial charge on any atom is 0.284 e. The van der Waals surface area contributed by atoms with Crippen LogP contribution in [0, 0.1) is 10.1 Å². The number of hydrogen-bond acceptors (Lipinski definition) is 4. The predicted octanol–water partition coefficient (Wildman–Crippen LogP) is 2.79. The molecular weight excluding hydrogens is 301 g/mol. The Bertz CT molecular complexity index is 449. The van der Waals surface area contributed by atoms with Crippen LogP contribution in [0.4, 0.5) is 5.69 Å². The van der Waals surface area contributed by atoms with Crippen LogP contribution < -0.4 is 4.74 Å². The SMILES string of the molecule is COc1cc([N+](=O)[O-])c(C(=O)CCl)cc1Br. The van der Waals surface area contributed by atoms with Crippen molar-refractivity contribution in [2.45, 2.75) is 0 Å². The third-order valence-corrected chi connectivity index (χ3v) is 2.75. The molecule has 1 rings (SSSR count). The lowest BCUT2D eigenvalue weighted by Gasteiger charge is -2.06. The van der Waals surface area contributed by atoms with Gasteiger partial charge in [-0.3, -0.25) is 14.9 Å². The van der Waals surface area contributed by atoms with E-state index in [1.807, 2.05) is 0 Å². The van der Waals surface area contributed by atoms with Crippen molar-refractivity contribution in [2.24, 2.45) is 0 Å². The Hall–Kier alpha value is -1.14. The Morgan fingerprint density at radius 2 is 2.25 bits per heavy atom. The Balaban J connectivity index is 3.42. The molecule has 0 spiro atoms. The maximum atomic E-state index is 11.4. The van der Waals surface area contributed by atoms with E-state index in [2.05, 4.69) is 15.9 Å². The van der Waals surface area contributed by atoms with Crippen molar-refractivity contribution in [3.8, 4) is 5.75 Å². The minimum absolute atomic E-state index is 0.0346. The quantitative estimate of drug-likeness (QED) is 0.371. The Labute approximate surface area is 105 Å². The highest BCUT2D eigenvalue weighted by molar-refractivity contribution is 9.10. The van der Waals surface area contributed by atoms with Crippen LogP contribution in [0.25, 0.3) is 0 Å². The van der Waals surface area contributed by atoms with Crippen LogP contribution in [0.1, 0.15) is 10.4 Å². The number of alkyl halides is 1. The highest BCUT2D eigenvalue weighted by Gasteiger charge is 2.22. The van der Waals surface area contributed by atoms with Crippen molar-refractivity contribution in [3.05, 3.63) is 32.3 Å². The number of methoxy groups -OCH3 is 1. The molecule has 0 unspecified atom stereocenters. The predicted molar refractivity (Wildman–Crippen MR) is 62.4 cm³/mol. The zero-order valence-corrected chi connectivity index (χ0v) is 10.5. The fourth-order valence-corrected chi connectivity index (χ4v) is 1.79. The average molecular weight is 309 g/mol. The van der Waals surface area contributed by atoms with E-state index < -0.39 is 10.7 Å². The molecule has 0 amide bonds. The summed E-state index contributed by atoms with van der Waals surface area (Å²) >= 11 is 8.52. The van der Waals surface area contributed by atoms with Crippen LogP contribution in [0.2, 0.25) is 0 Å². The molecule has 0 aromatic heterocycles. The van der Waals surface area contributed by atoms with E-state index in [1.165, 1.54) is 19.2 Å². The van der Waals surface area contributed by atoms with Gasteiger partial charge in [0.15, 0.2) is 5.78 Å². The van der Waals surface area contributed by atoms with Crippen LogP contribution in [-0.4, -0.2) is 23.7 Å². The van der Waals surface area contributed by atoms with Crippen molar-refractivity contribution in [3.63, 3.8) is 0 Å². The lowest BCUT2D eigenvalue weighted by molar-refractivity contribution is -0.385. The number of carbonyl (C=O) groups excluding carboxylic acids is 1. The monoisotopic (exact) mass is 307 g/mol. The van der Waals surface area contributed by atoms with E-state index >= 15 is 0 Å². The molecule has 0 saturated heterocycles. The summed E-state index contributed by atoms with van der Waals surface area (Å²) in [5, 5.41) is 10.8. The van der Waals surface area contributed by atoms with Crippen LogP contribution in [0.15, 0.2) is 16.6 Å². The van der Waals surface area contributed by atoms with Crippen molar-refractivity contribution in [2.75, 3.05) is 13.0 Å². The first kappa shape index (κ1) is 12.9. The first-order chi connectivity index (χ1) is 7.51. The molecule has 86 valence electrons. The summed E-state index contributed by atoms with van der Waals surface area (Å²) in [6.07, 6.45) is 0. The molecule has 0 aliphatic carbocycles. The van der Waals surface area contributed by atoms with Crippen molar-refractivity contribution < 1.29 is 14.5 Å². The van der Waals surface area contributed by atoms with Gasteiger partial charge in [0, 0.05) is 0 Å². The first-order valence-corrected chi connectivity index (χ1v) is 5.45. The van der Waals surface area contributed by atoms with E-state index in [-0.39, 0.29) is 22.9 Å². The molecule has 0 aliphatic heterocycles. The second-order valence-corrected chi connectivity index (χ2v) is 3.94. The number of ketones is 1. The van der Waals surface area contributed by atoms with Gasteiger partial charge in [0.1, 0.15) is 5.75 Å². The summed E-state index contributed by atoms with van der Waals surface area (Å²) in [6.45, 7) is 0. The first-order valence-electron chi connectivity index (χ1n) is 4.12. The van der Waals surface area contributed by atoms with Gasteiger partial charge in [0.05, 0.1) is 34.0 Å². The number of nitrogens with zero attached hydrogens (tertiary/aromatic N) is 1. The second kappa shape index (κ2) is 5.27. The Kier molecular flexibility index (Phi) is 4.26. The van der Waals surface area contributed by atoms with Gasteiger partial charge in [0.2, 0.25) is 0 Å². The Morgan fingerprint density at radius 3 is 2.69 bits per heavy atom. The number of ether oxygens (including phenoxy) is 1. The fraction of sp³-hybridized carbons (Fsp3) is 0.222. The molecule has 0 N–H and O–H groups in total. The third kappa shape index (κ3) is 2.51. The largest absolute Gasteiger partial charge is 0.495 e. The molecule has 1 aromatic rings. The summed E-state index contributed by atoms with van der Waals surface area (Å²) in [5.74, 6) is -0.519. The highest BCUT2D eigenvalue weighted by Crippen LogP contribution is 2.32. The molecule has 1 aromatic carbocycles. The summed E-state index contributed by atoms with van der Waals surface area (Å²) in [6, 6.07) is 2.52.